The molecule has 3 rings (SSSR count). The van der Waals surface area contributed by atoms with Crippen molar-refractivity contribution in [1.29, 1.82) is 0 Å². The number of carbonyl (C=O) groups is 2. The van der Waals surface area contributed by atoms with Gasteiger partial charge in [-0.3, -0.25) is 10.1 Å². The Morgan fingerprint density at radius 1 is 1.29 bits per heavy atom. The molecule has 1 heterocycles. The molecule has 0 fully saturated rings. The summed E-state index contributed by atoms with van der Waals surface area (Å²) in [5, 5.41) is 12.1. The number of anilines is 1. The fourth-order valence-corrected chi connectivity index (χ4v) is 3.43. The molecule has 124 valence electrons. The van der Waals surface area contributed by atoms with E-state index in [0.29, 0.717) is 21.8 Å². The summed E-state index contributed by atoms with van der Waals surface area (Å²) in [6.45, 7) is 3.56. The van der Waals surface area contributed by atoms with E-state index >= 15 is 0 Å². The van der Waals surface area contributed by atoms with E-state index in [1.54, 1.807) is 38.1 Å². The number of carboxylic acids is 1. The molecule has 1 aliphatic rings. The average molecular weight is 346 g/mol. The molecule has 2 aromatic carbocycles. The van der Waals surface area contributed by atoms with Crippen LogP contribution in [0.3, 0.4) is 0 Å². The summed E-state index contributed by atoms with van der Waals surface area (Å²) < 4.78 is 5.34. The van der Waals surface area contributed by atoms with Crippen LogP contribution < -0.4 is 5.32 Å². The SMILES string of the molecule is CC1(C)OC(=O)Nc2ccc(-c3cccc(CC(=O)O)c3)c(Cl)c21. The summed E-state index contributed by atoms with van der Waals surface area (Å²) in [7, 11) is 0. The molecule has 0 bridgehead atoms. The minimum atomic E-state index is -0.888. The van der Waals surface area contributed by atoms with Crippen molar-refractivity contribution < 1.29 is 19.4 Å². The van der Waals surface area contributed by atoms with Gasteiger partial charge in [-0.15, -0.1) is 0 Å². The van der Waals surface area contributed by atoms with Gasteiger partial charge in [-0.25, -0.2) is 4.79 Å². The Balaban J connectivity index is 2.11. The van der Waals surface area contributed by atoms with E-state index in [0.717, 1.165) is 11.1 Å². The zero-order valence-corrected chi connectivity index (χ0v) is 14.0. The monoisotopic (exact) mass is 345 g/mol. The van der Waals surface area contributed by atoms with E-state index in [9.17, 15) is 9.59 Å². The van der Waals surface area contributed by atoms with Gasteiger partial charge >= 0.3 is 12.1 Å². The maximum atomic E-state index is 11.6. The Morgan fingerprint density at radius 2 is 2.04 bits per heavy atom. The van der Waals surface area contributed by atoms with Crippen LogP contribution in [-0.4, -0.2) is 17.2 Å². The third-order valence-corrected chi connectivity index (χ3v) is 4.31. The normalized spacial score (nSPS) is 15.2. The number of hydrogen-bond acceptors (Lipinski definition) is 3. The largest absolute Gasteiger partial charge is 0.481 e. The van der Waals surface area contributed by atoms with Crippen molar-refractivity contribution in [3.8, 4) is 11.1 Å². The Hall–Kier alpha value is -2.53. The van der Waals surface area contributed by atoms with Gasteiger partial charge in [0.15, 0.2) is 0 Å². The fourth-order valence-electron chi connectivity index (χ4n) is 2.93. The molecule has 1 amide bonds. The minimum Gasteiger partial charge on any atom is -0.481 e. The summed E-state index contributed by atoms with van der Waals surface area (Å²) in [4.78, 5) is 22.5. The first-order valence-electron chi connectivity index (χ1n) is 7.42. The van der Waals surface area contributed by atoms with Crippen molar-refractivity contribution in [3.63, 3.8) is 0 Å². The Bertz CT molecular complexity index is 845. The standard InChI is InChI=1S/C18H16ClNO4/c1-18(2)15-13(20-17(23)24-18)7-6-12(16(15)19)11-5-3-4-10(8-11)9-14(21)22/h3-8H,9H2,1-2H3,(H,20,23)(H,21,22). The van der Waals surface area contributed by atoms with E-state index in [2.05, 4.69) is 5.32 Å². The summed E-state index contributed by atoms with van der Waals surface area (Å²) in [5.41, 5.74) is 2.72. The van der Waals surface area contributed by atoms with Crippen LogP contribution in [0.4, 0.5) is 10.5 Å². The number of carboxylic acid groups (broad SMARTS) is 1. The second kappa shape index (κ2) is 5.83. The van der Waals surface area contributed by atoms with E-state index in [1.807, 2.05) is 12.1 Å². The number of carbonyl (C=O) groups excluding carboxylic acids is 1. The number of rotatable bonds is 3. The van der Waals surface area contributed by atoms with Crippen LogP contribution in [-0.2, 0) is 21.6 Å². The molecule has 0 spiro atoms. The molecule has 5 nitrogen and oxygen atoms in total. The lowest BCUT2D eigenvalue weighted by atomic mass is 9.90. The highest BCUT2D eigenvalue weighted by atomic mass is 35.5. The molecule has 0 saturated carbocycles. The lowest BCUT2D eigenvalue weighted by Gasteiger charge is -2.33. The molecule has 6 heteroatoms. The number of amides is 1. The molecule has 1 aliphatic heterocycles. The number of benzene rings is 2. The maximum absolute atomic E-state index is 11.6. The molecule has 2 aromatic rings. The van der Waals surface area contributed by atoms with Gasteiger partial charge in [0, 0.05) is 11.1 Å². The van der Waals surface area contributed by atoms with Crippen LogP contribution in [0.2, 0.25) is 5.02 Å². The molecule has 0 radical (unpaired) electrons. The summed E-state index contributed by atoms with van der Waals surface area (Å²) in [5.74, 6) is -0.888. The Kier molecular flexibility index (Phi) is 3.97. The quantitative estimate of drug-likeness (QED) is 0.862. The lowest BCUT2D eigenvalue weighted by molar-refractivity contribution is -0.136. The van der Waals surface area contributed by atoms with Crippen LogP contribution in [0.1, 0.15) is 25.0 Å². The first-order valence-corrected chi connectivity index (χ1v) is 7.80. The molecule has 0 unspecified atom stereocenters. The van der Waals surface area contributed by atoms with Gasteiger partial charge in [0.2, 0.25) is 0 Å². The highest BCUT2D eigenvalue weighted by molar-refractivity contribution is 6.35. The first-order chi connectivity index (χ1) is 11.3. The number of aliphatic carboxylic acids is 1. The molecular formula is C18H16ClNO4. The van der Waals surface area contributed by atoms with Gasteiger partial charge in [0.25, 0.3) is 0 Å². The second-order valence-corrected chi connectivity index (χ2v) is 6.52. The molecule has 0 aromatic heterocycles. The molecule has 24 heavy (non-hydrogen) atoms. The van der Waals surface area contributed by atoms with Crippen molar-refractivity contribution in [3.05, 3.63) is 52.5 Å². The molecular weight excluding hydrogens is 330 g/mol. The van der Waals surface area contributed by atoms with Crippen LogP contribution in [0.5, 0.6) is 0 Å². The van der Waals surface area contributed by atoms with Crippen molar-refractivity contribution in [2.24, 2.45) is 0 Å². The van der Waals surface area contributed by atoms with Gasteiger partial charge in [-0.05, 0) is 31.0 Å². The molecule has 2 N–H and O–H groups in total. The number of cyclic esters (lactones) is 1. The minimum absolute atomic E-state index is 0.0545. The van der Waals surface area contributed by atoms with Crippen molar-refractivity contribution in [2.75, 3.05) is 5.32 Å². The summed E-state index contributed by atoms with van der Waals surface area (Å²) in [6.07, 6.45) is -0.569. The lowest BCUT2D eigenvalue weighted by Crippen LogP contribution is -2.35. The number of hydrogen-bond donors (Lipinski definition) is 2. The Labute approximate surface area is 144 Å². The van der Waals surface area contributed by atoms with Crippen molar-refractivity contribution >= 4 is 29.4 Å². The summed E-state index contributed by atoms with van der Waals surface area (Å²) in [6, 6.07) is 10.8. The zero-order chi connectivity index (χ0) is 17.5. The van der Waals surface area contributed by atoms with Gasteiger partial charge in [-0.2, -0.15) is 0 Å². The van der Waals surface area contributed by atoms with E-state index in [1.165, 1.54) is 0 Å². The van der Waals surface area contributed by atoms with E-state index < -0.39 is 17.7 Å². The molecule has 0 atom stereocenters. The second-order valence-electron chi connectivity index (χ2n) is 6.15. The number of fused-ring (bicyclic) bond motifs is 1. The third kappa shape index (κ3) is 2.95. The first kappa shape index (κ1) is 16.3. The van der Waals surface area contributed by atoms with Crippen LogP contribution in [0, 0.1) is 0 Å². The zero-order valence-electron chi connectivity index (χ0n) is 13.2. The van der Waals surface area contributed by atoms with E-state index in [-0.39, 0.29) is 6.42 Å². The van der Waals surface area contributed by atoms with Crippen molar-refractivity contribution in [1.82, 2.24) is 0 Å². The smallest absolute Gasteiger partial charge is 0.412 e. The van der Waals surface area contributed by atoms with Gasteiger partial charge in [0.05, 0.1) is 17.1 Å². The van der Waals surface area contributed by atoms with Crippen molar-refractivity contribution in [2.45, 2.75) is 25.9 Å². The van der Waals surface area contributed by atoms with Crippen LogP contribution in [0.25, 0.3) is 11.1 Å². The topological polar surface area (TPSA) is 75.6 Å². The highest BCUT2D eigenvalue weighted by Gasteiger charge is 2.36. The maximum Gasteiger partial charge on any atom is 0.412 e. The van der Waals surface area contributed by atoms with Gasteiger partial charge in [-0.1, -0.05) is 41.9 Å². The predicted octanol–water partition coefficient (Wildman–Crippen LogP) is 4.43. The van der Waals surface area contributed by atoms with Gasteiger partial charge in [0.1, 0.15) is 5.60 Å². The molecule has 0 aliphatic carbocycles. The fraction of sp³-hybridized carbons (Fsp3) is 0.222. The van der Waals surface area contributed by atoms with Crippen LogP contribution in [0.15, 0.2) is 36.4 Å². The average Bonchev–Trinajstić information content (AvgIpc) is 2.45. The predicted molar refractivity (Wildman–Crippen MR) is 91.4 cm³/mol. The number of ether oxygens (including phenoxy) is 1. The highest BCUT2D eigenvalue weighted by Crippen LogP contribution is 2.44. The third-order valence-electron chi connectivity index (χ3n) is 3.92. The Morgan fingerprint density at radius 3 is 2.75 bits per heavy atom. The van der Waals surface area contributed by atoms with Crippen LogP contribution >= 0.6 is 11.6 Å². The van der Waals surface area contributed by atoms with E-state index in [4.69, 9.17) is 21.4 Å². The van der Waals surface area contributed by atoms with Gasteiger partial charge < -0.3 is 9.84 Å². The number of halogens is 1. The molecule has 0 saturated heterocycles. The number of nitrogens with one attached hydrogen (secondary N) is 1. The summed E-state index contributed by atoms with van der Waals surface area (Å²) >= 11 is 6.60.